The zero-order valence-electron chi connectivity index (χ0n) is 16.5. The summed E-state index contributed by atoms with van der Waals surface area (Å²) in [6.45, 7) is 5.90. The maximum Gasteiger partial charge on any atom is 0.266 e. The molecule has 1 aliphatic heterocycles. The van der Waals surface area contributed by atoms with Crippen molar-refractivity contribution >= 4 is 63.3 Å². The van der Waals surface area contributed by atoms with E-state index < -0.39 is 6.04 Å². The van der Waals surface area contributed by atoms with Gasteiger partial charge in [-0.25, -0.2) is 0 Å². The summed E-state index contributed by atoms with van der Waals surface area (Å²) >= 11 is 8.18. The van der Waals surface area contributed by atoms with E-state index >= 15 is 0 Å². The summed E-state index contributed by atoms with van der Waals surface area (Å²) in [6.07, 6.45) is 4.47. The lowest BCUT2D eigenvalue weighted by Gasteiger charge is -2.24. The molecule has 1 aliphatic carbocycles. The lowest BCUT2D eigenvalue weighted by Crippen LogP contribution is -2.43. The van der Waals surface area contributed by atoms with Gasteiger partial charge in [-0.2, -0.15) is 0 Å². The van der Waals surface area contributed by atoms with E-state index in [0.717, 1.165) is 16.0 Å². The van der Waals surface area contributed by atoms with Crippen LogP contribution in [0.3, 0.4) is 0 Å². The first-order chi connectivity index (χ1) is 13.8. The monoisotopic (exact) mass is 446 g/mol. The van der Waals surface area contributed by atoms with Crippen molar-refractivity contribution < 1.29 is 14.4 Å². The van der Waals surface area contributed by atoms with Crippen LogP contribution in [0.1, 0.15) is 38.5 Å². The molecular weight excluding hydrogens is 424 g/mol. The maximum atomic E-state index is 12.6. The van der Waals surface area contributed by atoms with E-state index in [1.165, 1.54) is 11.8 Å². The molecule has 0 radical (unpaired) electrons. The van der Waals surface area contributed by atoms with Crippen molar-refractivity contribution in [2.75, 3.05) is 6.54 Å². The van der Waals surface area contributed by atoms with E-state index in [1.807, 2.05) is 43.5 Å². The molecule has 5 nitrogen and oxygen atoms in total. The van der Waals surface area contributed by atoms with E-state index in [9.17, 15) is 14.4 Å². The third-order valence-corrected chi connectivity index (χ3v) is 7.10. The van der Waals surface area contributed by atoms with Gasteiger partial charge in [0, 0.05) is 17.8 Å². The second-order valence-electron chi connectivity index (χ2n) is 7.01. The lowest BCUT2D eigenvalue weighted by atomic mass is 9.89. The van der Waals surface area contributed by atoms with Gasteiger partial charge in [0.25, 0.3) is 5.91 Å². The predicted molar refractivity (Wildman–Crippen MR) is 123 cm³/mol. The van der Waals surface area contributed by atoms with Crippen LogP contribution in [0.25, 0.3) is 6.08 Å². The summed E-state index contributed by atoms with van der Waals surface area (Å²) in [5.74, 6) is -0.388. The number of thiocarbonyl (C=S) groups is 1. The molecule has 0 saturated carbocycles. The van der Waals surface area contributed by atoms with E-state index in [0.29, 0.717) is 27.8 Å². The number of nitrogens with zero attached hydrogens (tertiary/aromatic N) is 1. The minimum Gasteiger partial charge on any atom is -0.342 e. The summed E-state index contributed by atoms with van der Waals surface area (Å²) in [5, 5.41) is 4.77. The van der Waals surface area contributed by atoms with Crippen LogP contribution < -0.4 is 5.32 Å². The standard InChI is InChI=1S/C21H22N2O3S3/c1-12-10-13(2)18(19(25)14(12)3)22-17(24)7-4-8-23-20(26)16(29-21(23)27)11-15-6-5-9-28-15/h5-6,9-11,18H,4,7-8H2,1-3H3,(H,22,24)/b16-11+. The molecule has 2 heterocycles. The number of thioether (sulfide) groups is 1. The van der Waals surface area contributed by atoms with Gasteiger partial charge >= 0.3 is 0 Å². The number of hydrogen-bond donors (Lipinski definition) is 1. The number of rotatable bonds is 6. The molecule has 1 aromatic rings. The quantitative estimate of drug-likeness (QED) is 0.527. The highest BCUT2D eigenvalue weighted by atomic mass is 32.2. The largest absolute Gasteiger partial charge is 0.342 e. The minimum absolute atomic E-state index is 0.0634. The highest BCUT2D eigenvalue weighted by molar-refractivity contribution is 8.26. The first kappa shape index (κ1) is 21.7. The van der Waals surface area contributed by atoms with Gasteiger partial charge in [-0.05, 0) is 61.4 Å². The maximum absolute atomic E-state index is 12.6. The molecule has 2 aliphatic rings. The summed E-state index contributed by atoms with van der Waals surface area (Å²) in [7, 11) is 0. The molecule has 1 aromatic heterocycles. The Hall–Kier alpha value is -2.03. The summed E-state index contributed by atoms with van der Waals surface area (Å²) in [5.41, 5.74) is 2.45. The normalized spacial score (nSPS) is 21.3. The predicted octanol–water partition coefficient (Wildman–Crippen LogP) is 4.08. The summed E-state index contributed by atoms with van der Waals surface area (Å²) in [6, 6.07) is 3.28. The molecule has 0 aromatic carbocycles. The minimum atomic E-state index is -0.600. The highest BCUT2D eigenvalue weighted by Gasteiger charge is 2.32. The fourth-order valence-electron chi connectivity index (χ4n) is 3.16. The lowest BCUT2D eigenvalue weighted by molar-refractivity contribution is -0.126. The van der Waals surface area contributed by atoms with Crippen LogP contribution in [-0.2, 0) is 14.4 Å². The number of Topliss-reactive ketones (excluding diaryl/α,β-unsaturated/α-hetero) is 1. The average Bonchev–Trinajstić information content (AvgIpc) is 3.27. The van der Waals surface area contributed by atoms with Crippen LogP contribution in [-0.4, -0.2) is 39.4 Å². The third-order valence-electron chi connectivity index (χ3n) is 4.90. The van der Waals surface area contributed by atoms with Gasteiger partial charge in [-0.3, -0.25) is 19.3 Å². The van der Waals surface area contributed by atoms with Gasteiger partial charge in [-0.15, -0.1) is 11.3 Å². The van der Waals surface area contributed by atoms with Crippen LogP contribution >= 0.6 is 35.3 Å². The van der Waals surface area contributed by atoms with Crippen molar-refractivity contribution in [2.45, 2.75) is 39.7 Å². The van der Waals surface area contributed by atoms with E-state index in [2.05, 4.69) is 5.32 Å². The Labute approximate surface area is 183 Å². The smallest absolute Gasteiger partial charge is 0.266 e. The number of hydrogen-bond acceptors (Lipinski definition) is 6. The van der Waals surface area contributed by atoms with Crippen molar-refractivity contribution in [1.29, 1.82) is 0 Å². The Balaban J connectivity index is 1.52. The fourth-order valence-corrected chi connectivity index (χ4v) is 5.19. The Morgan fingerprint density at radius 2 is 2.07 bits per heavy atom. The number of ketones is 1. The van der Waals surface area contributed by atoms with Gasteiger partial charge in [0.15, 0.2) is 5.78 Å². The molecule has 3 rings (SSSR count). The summed E-state index contributed by atoms with van der Waals surface area (Å²) < 4.78 is 0.510. The van der Waals surface area contributed by atoms with Crippen molar-refractivity contribution in [3.8, 4) is 0 Å². The van der Waals surface area contributed by atoms with Gasteiger partial charge < -0.3 is 5.32 Å². The molecule has 8 heteroatoms. The topological polar surface area (TPSA) is 66.5 Å². The molecule has 152 valence electrons. The molecule has 2 amide bonds. The van der Waals surface area contributed by atoms with Gasteiger partial charge in [0.05, 0.1) is 4.91 Å². The van der Waals surface area contributed by atoms with E-state index in [1.54, 1.807) is 23.2 Å². The van der Waals surface area contributed by atoms with Crippen LogP contribution in [0.15, 0.2) is 45.2 Å². The van der Waals surface area contributed by atoms with E-state index in [4.69, 9.17) is 12.2 Å². The van der Waals surface area contributed by atoms with Crippen molar-refractivity contribution in [3.63, 3.8) is 0 Å². The molecule has 0 spiro atoms. The van der Waals surface area contributed by atoms with Crippen molar-refractivity contribution in [1.82, 2.24) is 10.2 Å². The highest BCUT2D eigenvalue weighted by Crippen LogP contribution is 2.33. The molecule has 1 unspecified atom stereocenters. The zero-order valence-corrected chi connectivity index (χ0v) is 18.9. The Bertz CT molecular complexity index is 956. The van der Waals surface area contributed by atoms with Gasteiger partial charge in [0.1, 0.15) is 10.4 Å². The molecule has 0 bridgehead atoms. The van der Waals surface area contributed by atoms with Crippen LogP contribution in [0.4, 0.5) is 0 Å². The molecule has 1 fully saturated rings. The van der Waals surface area contributed by atoms with Crippen LogP contribution in [0, 0.1) is 0 Å². The third kappa shape index (κ3) is 4.94. The summed E-state index contributed by atoms with van der Waals surface area (Å²) in [4.78, 5) is 40.5. The number of thiophene rings is 1. The molecule has 1 atom stereocenters. The Kier molecular flexibility index (Phi) is 6.87. The molecule has 29 heavy (non-hydrogen) atoms. The zero-order chi connectivity index (χ0) is 21.1. The van der Waals surface area contributed by atoms with Crippen molar-refractivity contribution in [2.24, 2.45) is 0 Å². The number of carbonyl (C=O) groups is 3. The number of carbonyl (C=O) groups excluding carboxylic acids is 3. The first-order valence-electron chi connectivity index (χ1n) is 9.26. The number of amides is 2. The van der Waals surface area contributed by atoms with Crippen LogP contribution in [0.2, 0.25) is 0 Å². The Morgan fingerprint density at radius 3 is 2.76 bits per heavy atom. The molecule has 1 N–H and O–H groups in total. The van der Waals surface area contributed by atoms with Gasteiger partial charge in [-0.1, -0.05) is 36.1 Å². The van der Waals surface area contributed by atoms with Crippen LogP contribution in [0.5, 0.6) is 0 Å². The van der Waals surface area contributed by atoms with Crippen molar-refractivity contribution in [3.05, 3.63) is 50.1 Å². The second kappa shape index (κ2) is 9.19. The fraction of sp³-hybridized carbons (Fsp3) is 0.333. The SMILES string of the molecule is CC1=CC(C)=C(C)C(=O)C1NC(=O)CCCN1C(=O)/C(=C\c2cccs2)SC1=S. The van der Waals surface area contributed by atoms with E-state index in [-0.39, 0.29) is 24.0 Å². The first-order valence-corrected chi connectivity index (χ1v) is 11.4. The molecular formula is C21H22N2O3S3. The number of allylic oxidation sites excluding steroid dienone is 2. The van der Waals surface area contributed by atoms with Gasteiger partial charge in [0.2, 0.25) is 5.91 Å². The Morgan fingerprint density at radius 1 is 1.31 bits per heavy atom. The average molecular weight is 447 g/mol. The molecule has 1 saturated heterocycles. The second-order valence-corrected chi connectivity index (χ2v) is 9.67. The number of nitrogens with one attached hydrogen (secondary N) is 1.